The Labute approximate surface area is 172 Å². The number of carbonyl (C=O) groups excluding carboxylic acids is 2. The summed E-state index contributed by atoms with van der Waals surface area (Å²) in [5.74, 6) is -0.159. The van der Waals surface area contributed by atoms with Gasteiger partial charge in [0.25, 0.3) is 11.8 Å². The lowest BCUT2D eigenvalue weighted by Crippen LogP contribution is -2.17. The number of benzene rings is 2. The first-order valence-electron chi connectivity index (χ1n) is 9.20. The van der Waals surface area contributed by atoms with Gasteiger partial charge in [-0.2, -0.15) is 0 Å². The van der Waals surface area contributed by atoms with Crippen LogP contribution in [0.15, 0.2) is 79.1 Å². The van der Waals surface area contributed by atoms with Crippen molar-refractivity contribution in [3.05, 3.63) is 90.4 Å². The summed E-state index contributed by atoms with van der Waals surface area (Å²) in [5, 5.41) is 6.52. The molecule has 0 fully saturated rings. The summed E-state index contributed by atoms with van der Waals surface area (Å²) in [6.45, 7) is 0. The van der Waals surface area contributed by atoms with Crippen LogP contribution in [-0.2, 0) is 0 Å². The maximum absolute atomic E-state index is 12.8. The standard InChI is InChI=1S/C23H18N4O3/c1-30-18-8-3-7-17(14-18)26-23(29)20-13-16(10-12-24-20)22(28)27-19-9-2-5-15-6-4-11-25-21(15)19/h2-14H,1H3,(H,26,29)(H,27,28). The van der Waals surface area contributed by atoms with E-state index in [1.165, 1.54) is 12.3 Å². The van der Waals surface area contributed by atoms with Gasteiger partial charge in [-0.05, 0) is 36.4 Å². The number of carbonyl (C=O) groups is 2. The molecule has 0 aliphatic rings. The highest BCUT2D eigenvalue weighted by Crippen LogP contribution is 2.21. The Morgan fingerprint density at radius 3 is 2.53 bits per heavy atom. The minimum Gasteiger partial charge on any atom is -0.497 e. The van der Waals surface area contributed by atoms with Crippen LogP contribution in [0, 0.1) is 0 Å². The van der Waals surface area contributed by atoms with E-state index in [9.17, 15) is 9.59 Å². The number of aromatic nitrogens is 2. The largest absolute Gasteiger partial charge is 0.497 e. The van der Waals surface area contributed by atoms with Gasteiger partial charge in [-0.1, -0.05) is 24.3 Å². The van der Waals surface area contributed by atoms with Crippen LogP contribution < -0.4 is 15.4 Å². The molecule has 0 unspecified atom stereocenters. The molecule has 30 heavy (non-hydrogen) atoms. The maximum Gasteiger partial charge on any atom is 0.274 e. The average molecular weight is 398 g/mol. The van der Waals surface area contributed by atoms with Crippen molar-refractivity contribution in [3.8, 4) is 5.75 Å². The third-order valence-electron chi connectivity index (χ3n) is 4.46. The van der Waals surface area contributed by atoms with Gasteiger partial charge in [0.05, 0.1) is 18.3 Å². The Hall–Kier alpha value is -4.26. The number of pyridine rings is 2. The van der Waals surface area contributed by atoms with Gasteiger partial charge in [-0.3, -0.25) is 19.6 Å². The van der Waals surface area contributed by atoms with E-state index in [1.54, 1.807) is 49.7 Å². The maximum atomic E-state index is 12.8. The predicted octanol–water partition coefficient (Wildman–Crippen LogP) is 4.14. The molecule has 4 aromatic rings. The second-order valence-electron chi connectivity index (χ2n) is 6.45. The normalized spacial score (nSPS) is 10.4. The number of nitrogens with one attached hydrogen (secondary N) is 2. The van der Waals surface area contributed by atoms with Crippen molar-refractivity contribution in [2.75, 3.05) is 17.7 Å². The topological polar surface area (TPSA) is 93.2 Å². The third-order valence-corrected chi connectivity index (χ3v) is 4.46. The van der Waals surface area contributed by atoms with Gasteiger partial charge in [0, 0.05) is 35.1 Å². The van der Waals surface area contributed by atoms with Crippen molar-refractivity contribution in [1.82, 2.24) is 9.97 Å². The number of hydrogen-bond acceptors (Lipinski definition) is 5. The molecule has 0 aliphatic heterocycles. The number of amides is 2. The summed E-state index contributed by atoms with van der Waals surface area (Å²) < 4.78 is 5.15. The molecule has 148 valence electrons. The van der Waals surface area contributed by atoms with Crippen LogP contribution in [-0.4, -0.2) is 28.9 Å². The van der Waals surface area contributed by atoms with Crippen LogP contribution >= 0.6 is 0 Å². The van der Waals surface area contributed by atoms with Crippen LogP contribution in [0.25, 0.3) is 10.9 Å². The quantitative estimate of drug-likeness (QED) is 0.527. The molecule has 2 aromatic carbocycles. The highest BCUT2D eigenvalue weighted by molar-refractivity contribution is 6.10. The van der Waals surface area contributed by atoms with E-state index in [4.69, 9.17) is 4.74 Å². The number of hydrogen-bond donors (Lipinski definition) is 2. The second-order valence-corrected chi connectivity index (χ2v) is 6.45. The number of rotatable bonds is 5. The second kappa shape index (κ2) is 8.40. The van der Waals surface area contributed by atoms with E-state index in [0.29, 0.717) is 28.2 Å². The van der Waals surface area contributed by atoms with Crippen molar-refractivity contribution in [2.24, 2.45) is 0 Å². The fourth-order valence-electron chi connectivity index (χ4n) is 2.99. The first-order chi connectivity index (χ1) is 14.6. The molecule has 2 amide bonds. The minimum absolute atomic E-state index is 0.126. The molecule has 0 saturated heterocycles. The number of nitrogens with zero attached hydrogens (tertiary/aromatic N) is 2. The number of anilines is 2. The summed E-state index contributed by atoms with van der Waals surface area (Å²) in [5.41, 5.74) is 2.30. The Bertz CT molecular complexity index is 1230. The highest BCUT2D eigenvalue weighted by Gasteiger charge is 2.14. The number of methoxy groups -OCH3 is 1. The summed E-state index contributed by atoms with van der Waals surface area (Å²) in [4.78, 5) is 33.7. The zero-order valence-corrected chi connectivity index (χ0v) is 16.1. The van der Waals surface area contributed by atoms with Crippen molar-refractivity contribution in [1.29, 1.82) is 0 Å². The van der Waals surface area contributed by atoms with E-state index in [-0.39, 0.29) is 11.6 Å². The van der Waals surface area contributed by atoms with Crippen LogP contribution in [0.4, 0.5) is 11.4 Å². The molecule has 0 bridgehead atoms. The van der Waals surface area contributed by atoms with E-state index >= 15 is 0 Å². The molecular weight excluding hydrogens is 380 g/mol. The average Bonchev–Trinajstić information content (AvgIpc) is 2.79. The summed E-state index contributed by atoms with van der Waals surface area (Å²) in [6.07, 6.45) is 3.10. The lowest BCUT2D eigenvalue weighted by Gasteiger charge is -2.09. The Balaban J connectivity index is 1.53. The highest BCUT2D eigenvalue weighted by atomic mass is 16.5. The fraction of sp³-hybridized carbons (Fsp3) is 0.0435. The lowest BCUT2D eigenvalue weighted by molar-refractivity contribution is 0.102. The van der Waals surface area contributed by atoms with Gasteiger partial charge < -0.3 is 15.4 Å². The summed E-state index contributed by atoms with van der Waals surface area (Å²) in [7, 11) is 1.55. The monoisotopic (exact) mass is 398 g/mol. The van der Waals surface area contributed by atoms with Crippen LogP contribution in [0.5, 0.6) is 5.75 Å². The SMILES string of the molecule is COc1cccc(NC(=O)c2cc(C(=O)Nc3cccc4cccnc34)ccn2)c1. The van der Waals surface area contributed by atoms with Crippen LogP contribution in [0.1, 0.15) is 20.8 Å². The third kappa shape index (κ3) is 4.10. The van der Waals surface area contributed by atoms with Gasteiger partial charge >= 0.3 is 0 Å². The smallest absolute Gasteiger partial charge is 0.274 e. The van der Waals surface area contributed by atoms with Gasteiger partial charge in [0.2, 0.25) is 0 Å². The molecule has 0 aliphatic carbocycles. The molecule has 0 saturated carbocycles. The zero-order chi connectivity index (χ0) is 20.9. The molecule has 0 spiro atoms. The van der Waals surface area contributed by atoms with Gasteiger partial charge in [-0.15, -0.1) is 0 Å². The fourth-order valence-corrected chi connectivity index (χ4v) is 2.99. The first kappa shape index (κ1) is 19.1. The van der Waals surface area contributed by atoms with E-state index in [0.717, 1.165) is 5.39 Å². The van der Waals surface area contributed by atoms with E-state index in [2.05, 4.69) is 20.6 Å². The van der Waals surface area contributed by atoms with Crippen LogP contribution in [0.3, 0.4) is 0 Å². The molecule has 2 heterocycles. The predicted molar refractivity (Wildman–Crippen MR) is 115 cm³/mol. The lowest BCUT2D eigenvalue weighted by atomic mass is 10.1. The number of ether oxygens (including phenoxy) is 1. The van der Waals surface area contributed by atoms with E-state index in [1.807, 2.05) is 24.3 Å². The zero-order valence-electron chi connectivity index (χ0n) is 16.1. The van der Waals surface area contributed by atoms with Gasteiger partial charge in [0.15, 0.2) is 0 Å². The summed E-state index contributed by atoms with van der Waals surface area (Å²) in [6, 6.07) is 19.3. The van der Waals surface area contributed by atoms with Crippen molar-refractivity contribution in [3.63, 3.8) is 0 Å². The van der Waals surface area contributed by atoms with Gasteiger partial charge in [-0.25, -0.2) is 0 Å². The molecule has 4 rings (SSSR count). The Kier molecular flexibility index (Phi) is 5.34. The molecule has 7 heteroatoms. The van der Waals surface area contributed by atoms with Crippen LogP contribution in [0.2, 0.25) is 0 Å². The van der Waals surface area contributed by atoms with Crippen molar-refractivity contribution >= 4 is 34.1 Å². The molecule has 0 atom stereocenters. The minimum atomic E-state index is -0.426. The number of fused-ring (bicyclic) bond motifs is 1. The molecular formula is C23H18N4O3. The number of para-hydroxylation sites is 1. The Morgan fingerprint density at radius 2 is 1.67 bits per heavy atom. The Morgan fingerprint density at radius 1 is 0.833 bits per heavy atom. The van der Waals surface area contributed by atoms with Crippen molar-refractivity contribution < 1.29 is 14.3 Å². The van der Waals surface area contributed by atoms with Crippen molar-refractivity contribution in [2.45, 2.75) is 0 Å². The van der Waals surface area contributed by atoms with E-state index < -0.39 is 5.91 Å². The molecule has 0 radical (unpaired) electrons. The summed E-state index contributed by atoms with van der Waals surface area (Å²) >= 11 is 0. The van der Waals surface area contributed by atoms with Gasteiger partial charge in [0.1, 0.15) is 11.4 Å². The molecule has 2 N–H and O–H groups in total. The first-order valence-corrected chi connectivity index (χ1v) is 9.20. The molecule has 7 nitrogen and oxygen atoms in total. The molecule has 2 aromatic heterocycles.